The van der Waals surface area contributed by atoms with Gasteiger partial charge in [0, 0.05) is 23.1 Å². The van der Waals surface area contributed by atoms with Crippen molar-refractivity contribution >= 4 is 10.9 Å². The highest BCUT2D eigenvalue weighted by Gasteiger charge is 2.16. The molecule has 0 saturated carbocycles. The number of hydrogen-bond acceptors (Lipinski definition) is 3. The van der Waals surface area contributed by atoms with Crippen LogP contribution >= 0.6 is 0 Å². The monoisotopic (exact) mass is 344 g/mol. The highest BCUT2D eigenvalue weighted by Crippen LogP contribution is 2.35. The van der Waals surface area contributed by atoms with Gasteiger partial charge in [0.25, 0.3) is 0 Å². The lowest BCUT2D eigenvalue weighted by Gasteiger charge is -2.08. The minimum absolute atomic E-state index is 0.246. The molecule has 4 aromatic rings. The lowest BCUT2D eigenvalue weighted by Crippen LogP contribution is -2.00. The largest absolute Gasteiger partial charge is 0.508 e. The maximum Gasteiger partial charge on any atom is 0.115 e. The third-order valence-electron chi connectivity index (χ3n) is 4.52. The quantitative estimate of drug-likeness (QED) is 0.535. The number of nitrogens with zero attached hydrogens (tertiary/aromatic N) is 2. The Morgan fingerprint density at radius 1 is 0.808 bits per heavy atom. The van der Waals surface area contributed by atoms with Crippen molar-refractivity contribution in [3.63, 3.8) is 0 Å². The summed E-state index contributed by atoms with van der Waals surface area (Å²) >= 11 is 0. The number of fused-ring (bicyclic) bond motifs is 1. The van der Waals surface area contributed by atoms with Crippen molar-refractivity contribution in [3.05, 3.63) is 66.7 Å². The molecule has 3 aromatic carbocycles. The molecule has 0 radical (unpaired) electrons. The predicted molar refractivity (Wildman–Crippen MR) is 104 cm³/mol. The van der Waals surface area contributed by atoms with Gasteiger partial charge in [0.05, 0.1) is 5.52 Å². The molecule has 4 nitrogen and oxygen atoms in total. The van der Waals surface area contributed by atoms with E-state index in [4.69, 9.17) is 5.10 Å². The fraction of sp³-hybridized carbons (Fsp3) is 0.136. The number of aromatic nitrogens is 2. The summed E-state index contributed by atoms with van der Waals surface area (Å²) in [6, 6.07) is 20.6. The van der Waals surface area contributed by atoms with E-state index in [2.05, 4.69) is 23.7 Å². The molecule has 0 bridgehead atoms. The van der Waals surface area contributed by atoms with Gasteiger partial charge in [-0.25, -0.2) is 0 Å². The van der Waals surface area contributed by atoms with Crippen molar-refractivity contribution in [3.8, 4) is 33.9 Å². The van der Waals surface area contributed by atoms with Gasteiger partial charge in [0.1, 0.15) is 17.2 Å². The maximum absolute atomic E-state index is 9.59. The second kappa shape index (κ2) is 6.56. The highest BCUT2D eigenvalue weighted by molar-refractivity contribution is 6.01. The minimum atomic E-state index is 0.246. The van der Waals surface area contributed by atoms with Crippen LogP contribution in [0.4, 0.5) is 0 Å². The number of aromatic hydroxyl groups is 2. The Balaban J connectivity index is 1.97. The van der Waals surface area contributed by atoms with E-state index in [-0.39, 0.29) is 11.5 Å². The molecule has 26 heavy (non-hydrogen) atoms. The summed E-state index contributed by atoms with van der Waals surface area (Å²) < 4.78 is 2.06. The third-order valence-corrected chi connectivity index (χ3v) is 4.52. The van der Waals surface area contributed by atoms with Crippen LogP contribution in [-0.2, 0) is 6.54 Å². The maximum atomic E-state index is 9.59. The Labute approximate surface area is 152 Å². The summed E-state index contributed by atoms with van der Waals surface area (Å²) in [4.78, 5) is 0. The molecule has 130 valence electrons. The molecule has 1 heterocycles. The Bertz CT molecular complexity index is 1050. The molecule has 4 rings (SSSR count). The van der Waals surface area contributed by atoms with E-state index in [1.54, 1.807) is 24.3 Å². The molecule has 2 N–H and O–H groups in total. The number of para-hydroxylation sites is 1. The zero-order valence-corrected chi connectivity index (χ0v) is 14.6. The molecule has 0 amide bonds. The molecule has 0 aliphatic carbocycles. The van der Waals surface area contributed by atoms with Crippen LogP contribution in [0.5, 0.6) is 11.5 Å². The Morgan fingerprint density at radius 3 is 2.04 bits per heavy atom. The average Bonchev–Trinajstić information content (AvgIpc) is 3.02. The number of phenols is 2. The van der Waals surface area contributed by atoms with E-state index >= 15 is 0 Å². The minimum Gasteiger partial charge on any atom is -0.508 e. The summed E-state index contributed by atoms with van der Waals surface area (Å²) in [6.07, 6.45) is 0.982. The van der Waals surface area contributed by atoms with Crippen molar-refractivity contribution in [2.24, 2.45) is 0 Å². The number of phenolic OH excluding ortho intramolecular Hbond substituents is 2. The van der Waals surface area contributed by atoms with E-state index in [9.17, 15) is 10.2 Å². The molecule has 0 atom stereocenters. The van der Waals surface area contributed by atoms with Gasteiger partial charge >= 0.3 is 0 Å². The molecule has 0 unspecified atom stereocenters. The summed E-state index contributed by atoms with van der Waals surface area (Å²) in [5.41, 5.74) is 5.11. The van der Waals surface area contributed by atoms with Crippen LogP contribution in [-0.4, -0.2) is 20.0 Å². The molecule has 0 aliphatic rings. The van der Waals surface area contributed by atoms with Crippen LogP contribution in [0, 0.1) is 0 Å². The summed E-state index contributed by atoms with van der Waals surface area (Å²) in [5, 5.41) is 25.1. The first kappa shape index (κ1) is 16.2. The van der Waals surface area contributed by atoms with Crippen molar-refractivity contribution in [2.75, 3.05) is 0 Å². The third kappa shape index (κ3) is 2.80. The molecule has 0 aliphatic heterocycles. The van der Waals surface area contributed by atoms with E-state index in [1.165, 1.54) is 0 Å². The molecule has 0 fully saturated rings. The van der Waals surface area contributed by atoms with Gasteiger partial charge in [-0.15, -0.1) is 0 Å². The van der Waals surface area contributed by atoms with Crippen LogP contribution in [0.3, 0.4) is 0 Å². The number of rotatable bonds is 4. The Hall–Kier alpha value is -3.27. The topological polar surface area (TPSA) is 58.3 Å². The van der Waals surface area contributed by atoms with E-state index in [0.717, 1.165) is 46.3 Å². The van der Waals surface area contributed by atoms with Gasteiger partial charge in [0.2, 0.25) is 0 Å². The molecular weight excluding hydrogens is 324 g/mol. The van der Waals surface area contributed by atoms with Crippen LogP contribution in [0.25, 0.3) is 33.3 Å². The van der Waals surface area contributed by atoms with E-state index in [0.29, 0.717) is 0 Å². The molecule has 1 aromatic heterocycles. The van der Waals surface area contributed by atoms with Crippen molar-refractivity contribution in [1.29, 1.82) is 0 Å². The molecular formula is C22H20N2O2. The smallest absolute Gasteiger partial charge is 0.115 e. The fourth-order valence-corrected chi connectivity index (χ4v) is 3.32. The first-order chi connectivity index (χ1) is 12.7. The zero-order chi connectivity index (χ0) is 18.1. The van der Waals surface area contributed by atoms with E-state index in [1.807, 2.05) is 30.3 Å². The summed E-state index contributed by atoms with van der Waals surface area (Å²) in [6.45, 7) is 2.96. The molecule has 4 heteroatoms. The lowest BCUT2D eigenvalue weighted by atomic mass is 10.00. The van der Waals surface area contributed by atoms with Gasteiger partial charge in [-0.3, -0.25) is 4.68 Å². The Kier molecular flexibility index (Phi) is 4.09. The normalized spacial score (nSPS) is 11.1. The SMILES string of the molecule is CCCn1nc(-c2ccc(O)cc2)c2cccc(-c3ccc(O)cc3)c21. The summed E-state index contributed by atoms with van der Waals surface area (Å²) in [7, 11) is 0. The van der Waals surface area contributed by atoms with Crippen LogP contribution in [0.15, 0.2) is 66.7 Å². The van der Waals surface area contributed by atoms with Gasteiger partial charge in [0.15, 0.2) is 0 Å². The van der Waals surface area contributed by atoms with Gasteiger partial charge < -0.3 is 10.2 Å². The second-order valence-corrected chi connectivity index (χ2v) is 6.37. The number of benzene rings is 3. The van der Waals surface area contributed by atoms with Crippen molar-refractivity contribution in [2.45, 2.75) is 19.9 Å². The standard InChI is InChI=1S/C22H20N2O2/c1-2-14-24-22-19(15-6-10-17(25)11-7-15)4-3-5-20(22)21(23-24)16-8-12-18(26)13-9-16/h3-13,25-26H,2,14H2,1H3. The molecule has 0 saturated heterocycles. The molecule has 0 spiro atoms. The highest BCUT2D eigenvalue weighted by atomic mass is 16.3. The van der Waals surface area contributed by atoms with Crippen molar-refractivity contribution in [1.82, 2.24) is 9.78 Å². The van der Waals surface area contributed by atoms with Gasteiger partial charge in [-0.1, -0.05) is 37.3 Å². The second-order valence-electron chi connectivity index (χ2n) is 6.37. The predicted octanol–water partition coefficient (Wildman–Crippen LogP) is 5.19. The summed E-state index contributed by atoms with van der Waals surface area (Å²) in [5.74, 6) is 0.503. The fourth-order valence-electron chi connectivity index (χ4n) is 3.32. The Morgan fingerprint density at radius 2 is 1.42 bits per heavy atom. The van der Waals surface area contributed by atoms with Crippen LogP contribution in [0.1, 0.15) is 13.3 Å². The zero-order valence-electron chi connectivity index (χ0n) is 14.6. The van der Waals surface area contributed by atoms with Crippen LogP contribution in [0.2, 0.25) is 0 Å². The average molecular weight is 344 g/mol. The first-order valence-corrected chi connectivity index (χ1v) is 8.75. The lowest BCUT2D eigenvalue weighted by molar-refractivity contribution is 0.475. The number of hydrogen-bond donors (Lipinski definition) is 2. The van der Waals surface area contributed by atoms with Crippen molar-refractivity contribution < 1.29 is 10.2 Å². The van der Waals surface area contributed by atoms with E-state index < -0.39 is 0 Å². The van der Waals surface area contributed by atoms with Crippen LogP contribution < -0.4 is 0 Å². The van der Waals surface area contributed by atoms with Gasteiger partial charge in [-0.2, -0.15) is 5.10 Å². The number of aryl methyl sites for hydroxylation is 1. The first-order valence-electron chi connectivity index (χ1n) is 8.75. The van der Waals surface area contributed by atoms with Gasteiger partial charge in [-0.05, 0) is 48.4 Å².